The molecule has 0 unspecified atom stereocenters. The van der Waals surface area contributed by atoms with Gasteiger partial charge in [-0.25, -0.2) is 0 Å². The first kappa shape index (κ1) is 21.4. The van der Waals surface area contributed by atoms with Gasteiger partial charge in [-0.15, -0.1) is 0 Å². The molecule has 162 valence electrons. The number of carbonyl (C=O) groups is 1. The quantitative estimate of drug-likeness (QED) is 0.448. The lowest BCUT2D eigenvalue weighted by Crippen LogP contribution is -2.30. The highest BCUT2D eigenvalue weighted by Gasteiger charge is 2.13. The number of rotatable bonds is 6. The van der Waals surface area contributed by atoms with E-state index < -0.39 is 0 Å². The third-order valence-electron chi connectivity index (χ3n) is 5.39. The third-order valence-corrected chi connectivity index (χ3v) is 5.39. The zero-order valence-electron chi connectivity index (χ0n) is 18.6. The molecule has 0 radical (unpaired) electrons. The van der Waals surface area contributed by atoms with Crippen molar-refractivity contribution in [1.82, 2.24) is 4.57 Å². The minimum Gasteiger partial charge on any atom is -0.381 e. The van der Waals surface area contributed by atoms with E-state index in [-0.39, 0.29) is 18.0 Å². The number of para-hydroxylation sites is 1. The Kier molecular flexibility index (Phi) is 6.08. The predicted octanol–water partition coefficient (Wildman–Crippen LogP) is 5.18. The minimum atomic E-state index is -0.229. The molecule has 4 aromatic rings. The number of nitrogens with zero attached hydrogens (tertiary/aromatic N) is 1. The molecule has 0 saturated heterocycles. The van der Waals surface area contributed by atoms with Crippen LogP contribution in [-0.4, -0.2) is 10.5 Å². The molecule has 0 fully saturated rings. The van der Waals surface area contributed by atoms with Gasteiger partial charge in [-0.2, -0.15) is 0 Å². The average Bonchev–Trinajstić information content (AvgIpc) is 2.75. The molecule has 1 amide bonds. The number of fused-ring (bicyclic) bond motifs is 1. The van der Waals surface area contributed by atoms with E-state index in [4.69, 9.17) is 0 Å². The van der Waals surface area contributed by atoms with Gasteiger partial charge in [0.2, 0.25) is 5.91 Å². The first-order chi connectivity index (χ1) is 15.4. The molecule has 3 aromatic carbocycles. The second kappa shape index (κ2) is 9.10. The Morgan fingerprint density at radius 3 is 2.25 bits per heavy atom. The molecule has 0 atom stereocenters. The molecule has 0 aliphatic carbocycles. The molecule has 0 saturated carbocycles. The Morgan fingerprint density at radius 1 is 0.812 bits per heavy atom. The maximum absolute atomic E-state index is 13.4. The van der Waals surface area contributed by atoms with Crippen LogP contribution >= 0.6 is 0 Å². The van der Waals surface area contributed by atoms with Gasteiger partial charge < -0.3 is 10.6 Å². The van der Waals surface area contributed by atoms with Crippen LogP contribution in [0, 0.1) is 20.8 Å². The topological polar surface area (TPSA) is 63.1 Å². The Morgan fingerprint density at radius 2 is 1.53 bits per heavy atom. The van der Waals surface area contributed by atoms with Gasteiger partial charge in [0.1, 0.15) is 6.54 Å². The van der Waals surface area contributed by atoms with Gasteiger partial charge in [0.25, 0.3) is 5.56 Å². The lowest BCUT2D eigenvalue weighted by atomic mass is 10.1. The molecule has 5 nitrogen and oxygen atoms in total. The highest BCUT2D eigenvalue weighted by molar-refractivity contribution is 5.92. The van der Waals surface area contributed by atoms with E-state index >= 15 is 0 Å². The van der Waals surface area contributed by atoms with Crippen LogP contribution < -0.4 is 16.2 Å². The summed E-state index contributed by atoms with van der Waals surface area (Å²) in [7, 11) is 0. The van der Waals surface area contributed by atoms with Crippen LogP contribution in [0.4, 0.5) is 11.4 Å². The highest BCUT2D eigenvalue weighted by Crippen LogP contribution is 2.18. The second-order valence-corrected chi connectivity index (χ2v) is 8.27. The van der Waals surface area contributed by atoms with Crippen molar-refractivity contribution in [2.75, 3.05) is 10.6 Å². The predicted molar refractivity (Wildman–Crippen MR) is 131 cm³/mol. The molecule has 5 heteroatoms. The number of hydrogen-bond acceptors (Lipinski definition) is 3. The van der Waals surface area contributed by atoms with Crippen molar-refractivity contribution < 1.29 is 4.79 Å². The van der Waals surface area contributed by atoms with E-state index in [0.29, 0.717) is 12.1 Å². The van der Waals surface area contributed by atoms with Gasteiger partial charge in [0, 0.05) is 23.5 Å². The fraction of sp³-hybridized carbons (Fsp3) is 0.185. The summed E-state index contributed by atoms with van der Waals surface area (Å²) < 4.78 is 1.57. The van der Waals surface area contributed by atoms with Crippen molar-refractivity contribution in [3.63, 3.8) is 0 Å². The van der Waals surface area contributed by atoms with Gasteiger partial charge in [-0.1, -0.05) is 36.4 Å². The van der Waals surface area contributed by atoms with E-state index in [0.717, 1.165) is 39.0 Å². The van der Waals surface area contributed by atoms with Crippen LogP contribution in [0.25, 0.3) is 10.9 Å². The molecule has 0 bridgehead atoms. The number of anilines is 2. The van der Waals surface area contributed by atoms with Crippen molar-refractivity contribution >= 4 is 28.2 Å². The van der Waals surface area contributed by atoms with Crippen LogP contribution in [0.2, 0.25) is 0 Å². The molecule has 0 aliphatic rings. The maximum Gasteiger partial charge on any atom is 0.256 e. The van der Waals surface area contributed by atoms with E-state index in [2.05, 4.69) is 16.7 Å². The largest absolute Gasteiger partial charge is 0.381 e. The monoisotopic (exact) mass is 425 g/mol. The Bertz CT molecular complexity index is 1320. The number of benzene rings is 3. The SMILES string of the molecule is Cc1cc(C)cc(NC(=O)Cn2c(=O)c(CNc3ccccc3)cc3ccc(C)cc32)c1. The molecule has 2 N–H and O–H groups in total. The summed E-state index contributed by atoms with van der Waals surface area (Å²) in [5.74, 6) is -0.229. The van der Waals surface area contributed by atoms with Gasteiger partial charge >= 0.3 is 0 Å². The highest BCUT2D eigenvalue weighted by atomic mass is 16.2. The van der Waals surface area contributed by atoms with E-state index in [1.54, 1.807) is 4.57 Å². The summed E-state index contributed by atoms with van der Waals surface area (Å²) >= 11 is 0. The lowest BCUT2D eigenvalue weighted by molar-refractivity contribution is -0.116. The average molecular weight is 426 g/mol. The number of aryl methyl sites for hydroxylation is 3. The molecule has 0 spiro atoms. The lowest BCUT2D eigenvalue weighted by Gasteiger charge is -2.15. The van der Waals surface area contributed by atoms with E-state index in [1.807, 2.05) is 87.5 Å². The summed E-state index contributed by atoms with van der Waals surface area (Å²) in [6, 6.07) is 23.5. The zero-order chi connectivity index (χ0) is 22.7. The Labute approximate surface area is 187 Å². The van der Waals surface area contributed by atoms with Crippen LogP contribution in [0.15, 0.2) is 77.6 Å². The van der Waals surface area contributed by atoms with Crippen molar-refractivity contribution in [3.8, 4) is 0 Å². The van der Waals surface area contributed by atoms with Gasteiger partial charge in [-0.05, 0) is 79.2 Å². The number of hydrogen-bond donors (Lipinski definition) is 2. The first-order valence-corrected chi connectivity index (χ1v) is 10.7. The van der Waals surface area contributed by atoms with Crippen LogP contribution in [0.5, 0.6) is 0 Å². The normalized spacial score (nSPS) is 10.8. The van der Waals surface area contributed by atoms with Crippen molar-refractivity contribution in [2.24, 2.45) is 0 Å². The smallest absolute Gasteiger partial charge is 0.256 e. The maximum atomic E-state index is 13.4. The number of aromatic nitrogens is 1. The van der Waals surface area contributed by atoms with Crippen molar-refractivity contribution in [2.45, 2.75) is 33.9 Å². The molecule has 1 heterocycles. The van der Waals surface area contributed by atoms with Gasteiger partial charge in [-0.3, -0.25) is 14.2 Å². The molecule has 0 aliphatic heterocycles. The molecular formula is C27H27N3O2. The van der Waals surface area contributed by atoms with Gasteiger partial charge in [0.15, 0.2) is 0 Å². The van der Waals surface area contributed by atoms with E-state index in [1.165, 1.54) is 0 Å². The number of amides is 1. The summed E-state index contributed by atoms with van der Waals surface area (Å²) in [5.41, 5.74) is 6.08. The van der Waals surface area contributed by atoms with Crippen LogP contribution in [0.3, 0.4) is 0 Å². The van der Waals surface area contributed by atoms with Crippen LogP contribution in [-0.2, 0) is 17.9 Å². The summed E-state index contributed by atoms with van der Waals surface area (Å²) in [5, 5.41) is 7.17. The summed E-state index contributed by atoms with van der Waals surface area (Å²) in [6.07, 6.45) is 0. The van der Waals surface area contributed by atoms with Gasteiger partial charge in [0.05, 0.1) is 5.52 Å². The summed E-state index contributed by atoms with van der Waals surface area (Å²) in [6.45, 7) is 6.30. The molecule has 32 heavy (non-hydrogen) atoms. The molecular weight excluding hydrogens is 398 g/mol. The zero-order valence-corrected chi connectivity index (χ0v) is 18.6. The van der Waals surface area contributed by atoms with Crippen LogP contribution in [0.1, 0.15) is 22.3 Å². The number of carbonyl (C=O) groups excluding carboxylic acids is 1. The second-order valence-electron chi connectivity index (χ2n) is 8.27. The van der Waals surface area contributed by atoms with E-state index in [9.17, 15) is 9.59 Å². The standard InChI is InChI=1S/C27H27N3O2/c1-18-9-10-21-15-22(16-28-23-7-5-4-6-8-23)27(32)30(25(21)14-18)17-26(31)29-24-12-19(2)11-20(3)13-24/h4-15,28H,16-17H2,1-3H3,(H,29,31). The minimum absolute atomic E-state index is 0.0506. The molecule has 1 aromatic heterocycles. The Hall–Kier alpha value is -3.86. The fourth-order valence-electron chi connectivity index (χ4n) is 3.97. The van der Waals surface area contributed by atoms with Crippen molar-refractivity contribution in [1.29, 1.82) is 0 Å². The number of nitrogens with one attached hydrogen (secondary N) is 2. The van der Waals surface area contributed by atoms with Crippen molar-refractivity contribution in [3.05, 3.63) is 105 Å². The fourth-order valence-corrected chi connectivity index (χ4v) is 3.97. The molecule has 4 rings (SSSR count). The first-order valence-electron chi connectivity index (χ1n) is 10.7. The summed E-state index contributed by atoms with van der Waals surface area (Å²) in [4.78, 5) is 26.2. The number of pyridine rings is 1. The Balaban J connectivity index is 1.66. The third kappa shape index (κ3) is 4.89.